The molecule has 2 N–H and O–H groups in total. The molecule has 6 nitrogen and oxygen atoms in total. The molecule has 88 valence electrons. The molecule has 0 aliphatic heterocycles. The van der Waals surface area contributed by atoms with Crippen molar-refractivity contribution in [1.29, 1.82) is 0 Å². The Kier molecular flexibility index (Phi) is 4.04. The minimum Gasteiger partial charge on any atom is -0.481 e. The predicted octanol–water partition coefficient (Wildman–Crippen LogP) is 0.210. The normalized spacial score (nSPS) is 10.1. The Bertz CT molecular complexity index is 398. The molecule has 16 heavy (non-hydrogen) atoms. The number of hydrogen-bond donors (Lipinski definition) is 2. The number of carboxylic acids is 1. The Hall–Kier alpha value is -1.85. The number of amides is 1. The second-order valence-corrected chi connectivity index (χ2v) is 3.55. The summed E-state index contributed by atoms with van der Waals surface area (Å²) >= 11 is 0. The molecule has 0 unspecified atom stereocenters. The number of carboxylic acid groups (broad SMARTS) is 1. The van der Waals surface area contributed by atoms with Crippen LogP contribution < -0.4 is 5.32 Å². The van der Waals surface area contributed by atoms with E-state index in [0.29, 0.717) is 6.54 Å². The first kappa shape index (κ1) is 12.2. The van der Waals surface area contributed by atoms with Gasteiger partial charge in [0.25, 0.3) is 0 Å². The molecular weight excluding hydrogens is 210 g/mol. The number of nitrogens with zero attached hydrogens (tertiary/aromatic N) is 2. The van der Waals surface area contributed by atoms with Crippen molar-refractivity contribution in [3.05, 3.63) is 17.5 Å². The van der Waals surface area contributed by atoms with E-state index in [4.69, 9.17) is 5.11 Å². The summed E-state index contributed by atoms with van der Waals surface area (Å²) in [6, 6.07) is 0. The summed E-state index contributed by atoms with van der Waals surface area (Å²) < 4.78 is 1.72. The van der Waals surface area contributed by atoms with E-state index in [1.165, 1.54) is 0 Å². The largest absolute Gasteiger partial charge is 0.481 e. The van der Waals surface area contributed by atoms with Gasteiger partial charge in [0, 0.05) is 31.3 Å². The monoisotopic (exact) mass is 225 g/mol. The molecule has 0 aliphatic carbocycles. The van der Waals surface area contributed by atoms with Crippen molar-refractivity contribution >= 4 is 11.9 Å². The third-order valence-corrected chi connectivity index (χ3v) is 2.38. The van der Waals surface area contributed by atoms with Crippen LogP contribution in [0, 0.1) is 6.92 Å². The molecule has 1 amide bonds. The molecule has 1 aromatic rings. The van der Waals surface area contributed by atoms with Crippen LogP contribution in [0.2, 0.25) is 0 Å². The van der Waals surface area contributed by atoms with Crippen molar-refractivity contribution in [2.45, 2.75) is 26.3 Å². The van der Waals surface area contributed by atoms with Crippen molar-refractivity contribution in [1.82, 2.24) is 15.1 Å². The van der Waals surface area contributed by atoms with Gasteiger partial charge in [0.15, 0.2) is 0 Å². The fourth-order valence-corrected chi connectivity index (χ4v) is 1.22. The van der Waals surface area contributed by atoms with E-state index >= 15 is 0 Å². The standard InChI is InChI=1S/C10H15N3O3/c1-7-8(6-12-13(7)2)5-11-9(14)3-4-10(15)16/h6H,3-5H2,1-2H3,(H,11,14)(H,15,16). The van der Waals surface area contributed by atoms with Crippen LogP contribution in [0.3, 0.4) is 0 Å². The molecule has 0 aliphatic rings. The Morgan fingerprint density at radius 2 is 2.19 bits per heavy atom. The zero-order valence-electron chi connectivity index (χ0n) is 9.36. The van der Waals surface area contributed by atoms with Crippen molar-refractivity contribution in [2.24, 2.45) is 7.05 Å². The summed E-state index contributed by atoms with van der Waals surface area (Å²) in [6.45, 7) is 2.30. The molecule has 1 heterocycles. The predicted molar refractivity (Wildman–Crippen MR) is 56.7 cm³/mol. The van der Waals surface area contributed by atoms with Crippen LogP contribution in [0.5, 0.6) is 0 Å². The smallest absolute Gasteiger partial charge is 0.303 e. The topological polar surface area (TPSA) is 84.2 Å². The van der Waals surface area contributed by atoms with Crippen molar-refractivity contribution in [2.75, 3.05) is 0 Å². The molecule has 0 atom stereocenters. The van der Waals surface area contributed by atoms with Gasteiger partial charge in [-0.25, -0.2) is 0 Å². The average molecular weight is 225 g/mol. The maximum Gasteiger partial charge on any atom is 0.303 e. The molecule has 1 rings (SSSR count). The molecule has 6 heteroatoms. The van der Waals surface area contributed by atoms with Gasteiger partial charge in [-0.2, -0.15) is 5.10 Å². The summed E-state index contributed by atoms with van der Waals surface area (Å²) in [7, 11) is 1.82. The van der Waals surface area contributed by atoms with E-state index in [1.807, 2.05) is 14.0 Å². The number of nitrogens with one attached hydrogen (secondary N) is 1. The van der Waals surface area contributed by atoms with Gasteiger partial charge in [-0.05, 0) is 6.92 Å². The van der Waals surface area contributed by atoms with Gasteiger partial charge in [-0.1, -0.05) is 0 Å². The summed E-state index contributed by atoms with van der Waals surface area (Å²) in [6.07, 6.45) is 1.55. The van der Waals surface area contributed by atoms with Crippen LogP contribution in [0.4, 0.5) is 0 Å². The second-order valence-electron chi connectivity index (χ2n) is 3.55. The van der Waals surface area contributed by atoms with E-state index in [0.717, 1.165) is 11.3 Å². The number of aliphatic carboxylic acids is 1. The number of hydrogen-bond acceptors (Lipinski definition) is 3. The van der Waals surface area contributed by atoms with E-state index in [2.05, 4.69) is 10.4 Å². The van der Waals surface area contributed by atoms with Gasteiger partial charge in [-0.3, -0.25) is 14.3 Å². The lowest BCUT2D eigenvalue weighted by atomic mass is 10.2. The molecule has 0 saturated carbocycles. The van der Waals surface area contributed by atoms with Crippen LogP contribution in [-0.2, 0) is 23.2 Å². The van der Waals surface area contributed by atoms with Gasteiger partial charge in [0.2, 0.25) is 5.91 Å². The minimum absolute atomic E-state index is 0.00857. The van der Waals surface area contributed by atoms with Crippen LogP contribution in [0.25, 0.3) is 0 Å². The molecular formula is C10H15N3O3. The highest BCUT2D eigenvalue weighted by molar-refractivity contribution is 5.80. The van der Waals surface area contributed by atoms with E-state index in [9.17, 15) is 9.59 Å². The lowest BCUT2D eigenvalue weighted by Gasteiger charge is -2.03. The molecule has 0 spiro atoms. The zero-order valence-corrected chi connectivity index (χ0v) is 9.36. The van der Waals surface area contributed by atoms with E-state index in [-0.39, 0.29) is 18.7 Å². The maximum absolute atomic E-state index is 11.2. The molecule has 0 radical (unpaired) electrons. The summed E-state index contributed by atoms with van der Waals surface area (Å²) in [5.74, 6) is -1.22. The first-order valence-electron chi connectivity index (χ1n) is 4.96. The lowest BCUT2D eigenvalue weighted by Crippen LogP contribution is -2.23. The molecule has 0 fully saturated rings. The first-order valence-corrected chi connectivity index (χ1v) is 4.96. The van der Waals surface area contributed by atoms with Gasteiger partial charge in [-0.15, -0.1) is 0 Å². The summed E-state index contributed by atoms with van der Waals surface area (Å²) in [4.78, 5) is 21.5. The highest BCUT2D eigenvalue weighted by Crippen LogP contribution is 2.04. The summed E-state index contributed by atoms with van der Waals surface area (Å²) in [5.41, 5.74) is 1.92. The third kappa shape index (κ3) is 3.38. The van der Waals surface area contributed by atoms with E-state index < -0.39 is 5.97 Å². The van der Waals surface area contributed by atoms with Crippen LogP contribution >= 0.6 is 0 Å². The number of rotatable bonds is 5. The second kappa shape index (κ2) is 5.29. The van der Waals surface area contributed by atoms with Gasteiger partial charge in [0.05, 0.1) is 12.6 Å². The highest BCUT2D eigenvalue weighted by atomic mass is 16.4. The molecule has 0 aromatic carbocycles. The van der Waals surface area contributed by atoms with Crippen molar-refractivity contribution < 1.29 is 14.7 Å². The number of carbonyl (C=O) groups is 2. The average Bonchev–Trinajstić information content (AvgIpc) is 2.54. The fraction of sp³-hybridized carbons (Fsp3) is 0.500. The molecule has 0 bridgehead atoms. The number of aryl methyl sites for hydroxylation is 1. The zero-order chi connectivity index (χ0) is 12.1. The van der Waals surface area contributed by atoms with Crippen LogP contribution in [0.1, 0.15) is 24.1 Å². The number of aromatic nitrogens is 2. The quantitative estimate of drug-likeness (QED) is 0.750. The molecule has 1 aromatic heterocycles. The van der Waals surface area contributed by atoms with Gasteiger partial charge in [0.1, 0.15) is 0 Å². The minimum atomic E-state index is -0.965. The molecule has 0 saturated heterocycles. The van der Waals surface area contributed by atoms with E-state index in [1.54, 1.807) is 10.9 Å². The Morgan fingerprint density at radius 1 is 1.50 bits per heavy atom. The van der Waals surface area contributed by atoms with Gasteiger partial charge >= 0.3 is 5.97 Å². The Labute approximate surface area is 93.3 Å². The third-order valence-electron chi connectivity index (χ3n) is 2.38. The van der Waals surface area contributed by atoms with Crippen molar-refractivity contribution in [3.8, 4) is 0 Å². The number of carbonyl (C=O) groups excluding carboxylic acids is 1. The fourth-order valence-electron chi connectivity index (χ4n) is 1.22. The Morgan fingerprint density at radius 3 is 2.69 bits per heavy atom. The SMILES string of the molecule is Cc1c(CNC(=O)CCC(=O)O)cnn1C. The first-order chi connectivity index (χ1) is 7.50. The van der Waals surface area contributed by atoms with Crippen LogP contribution in [-0.4, -0.2) is 26.8 Å². The Balaban J connectivity index is 2.37. The van der Waals surface area contributed by atoms with Crippen LogP contribution in [0.15, 0.2) is 6.20 Å². The summed E-state index contributed by atoms with van der Waals surface area (Å²) in [5, 5.41) is 15.1. The van der Waals surface area contributed by atoms with Crippen molar-refractivity contribution in [3.63, 3.8) is 0 Å². The lowest BCUT2D eigenvalue weighted by molar-refractivity contribution is -0.138. The highest BCUT2D eigenvalue weighted by Gasteiger charge is 2.07. The van der Waals surface area contributed by atoms with Gasteiger partial charge < -0.3 is 10.4 Å². The maximum atomic E-state index is 11.2.